The van der Waals surface area contributed by atoms with Crippen LogP contribution < -0.4 is 10.6 Å². The fourth-order valence-electron chi connectivity index (χ4n) is 8.52. The van der Waals surface area contributed by atoms with Crippen molar-refractivity contribution >= 4 is 17.6 Å². The number of hydrogen-bond donors (Lipinski definition) is 2. The van der Waals surface area contributed by atoms with Crippen molar-refractivity contribution in [2.45, 2.75) is 45.1 Å². The Labute approximate surface area is 171 Å². The van der Waals surface area contributed by atoms with Crippen LogP contribution in [0.5, 0.6) is 0 Å². The van der Waals surface area contributed by atoms with Gasteiger partial charge in [-0.1, -0.05) is 0 Å². The lowest BCUT2D eigenvalue weighted by molar-refractivity contribution is -0.123. The molecule has 4 bridgehead atoms. The molecule has 9 atom stereocenters. The SMILES string of the molecule is O=C(Nc1cc(CNC(=O)C2[C@@H]3[C@H]4CC[C@@H](C4)[C@H]23)ccn1)C1[C@@H]2[C@H]3CC[C@@H](C3)[C@@H]12. The minimum absolute atomic E-state index is 0.159. The summed E-state index contributed by atoms with van der Waals surface area (Å²) < 4.78 is 0. The maximum atomic E-state index is 12.7. The molecular formula is C24H29N3O2. The highest BCUT2D eigenvalue weighted by atomic mass is 16.2. The van der Waals surface area contributed by atoms with Gasteiger partial charge in [0, 0.05) is 24.6 Å². The molecule has 5 heteroatoms. The zero-order valence-corrected chi connectivity index (χ0v) is 16.7. The highest BCUT2D eigenvalue weighted by Gasteiger charge is 2.68. The molecule has 1 aromatic rings. The number of carbonyl (C=O) groups is 2. The van der Waals surface area contributed by atoms with Gasteiger partial charge in [-0.05, 0) is 104 Å². The van der Waals surface area contributed by atoms with Crippen LogP contribution in [0.1, 0.15) is 44.1 Å². The Morgan fingerprint density at radius 3 is 2.00 bits per heavy atom. The molecule has 1 aromatic heterocycles. The van der Waals surface area contributed by atoms with Gasteiger partial charge >= 0.3 is 0 Å². The zero-order valence-electron chi connectivity index (χ0n) is 16.7. The van der Waals surface area contributed by atoms with Crippen molar-refractivity contribution in [1.29, 1.82) is 0 Å². The van der Waals surface area contributed by atoms with Crippen LogP contribution in [0.4, 0.5) is 5.82 Å². The van der Waals surface area contributed by atoms with Gasteiger partial charge in [-0.3, -0.25) is 9.59 Å². The second kappa shape index (κ2) is 5.83. The molecule has 2 amide bonds. The highest BCUT2D eigenvalue weighted by molar-refractivity contribution is 5.94. The minimum atomic E-state index is 0.159. The average Bonchev–Trinajstić information content (AvgIpc) is 3.39. The van der Waals surface area contributed by atoms with E-state index in [0.717, 1.165) is 29.2 Å². The van der Waals surface area contributed by atoms with Crippen LogP contribution in [-0.4, -0.2) is 16.8 Å². The first-order valence-corrected chi connectivity index (χ1v) is 11.7. The van der Waals surface area contributed by atoms with Gasteiger partial charge in [0.25, 0.3) is 0 Å². The molecule has 0 radical (unpaired) electrons. The van der Waals surface area contributed by atoms with Gasteiger partial charge in [-0.15, -0.1) is 0 Å². The molecule has 6 aliphatic rings. The molecule has 2 N–H and O–H groups in total. The fourth-order valence-corrected chi connectivity index (χ4v) is 8.52. The first-order chi connectivity index (χ1) is 14.2. The number of pyridine rings is 1. The van der Waals surface area contributed by atoms with E-state index in [9.17, 15) is 9.59 Å². The zero-order chi connectivity index (χ0) is 19.3. The van der Waals surface area contributed by atoms with E-state index in [4.69, 9.17) is 0 Å². The Bertz CT molecular complexity index is 868. The Morgan fingerprint density at radius 1 is 0.862 bits per heavy atom. The van der Waals surface area contributed by atoms with Gasteiger partial charge in [0.15, 0.2) is 0 Å². The molecule has 0 aliphatic heterocycles. The van der Waals surface area contributed by atoms with Gasteiger partial charge in [-0.2, -0.15) is 0 Å². The van der Waals surface area contributed by atoms with Crippen molar-refractivity contribution in [2.24, 2.45) is 59.2 Å². The fraction of sp³-hybridized carbons (Fsp3) is 0.708. The largest absolute Gasteiger partial charge is 0.352 e. The van der Waals surface area contributed by atoms with E-state index < -0.39 is 0 Å². The maximum Gasteiger partial charge on any atom is 0.229 e. The number of nitrogens with zero attached hydrogens (tertiary/aromatic N) is 1. The van der Waals surface area contributed by atoms with Gasteiger partial charge in [-0.25, -0.2) is 4.98 Å². The van der Waals surface area contributed by atoms with Crippen LogP contribution >= 0.6 is 0 Å². The number of rotatable bonds is 5. The standard InChI is InChI=1S/C24H29N3O2/c28-23(21-17-12-1-2-13(8-12)18(17)21)26-10-11-5-6-25-16(7-11)27-24(29)22-19-14-3-4-15(9-14)20(19)22/h5-7,12-15,17-22H,1-4,8-10H2,(H,26,28)(H,25,27,29)/t12-,13-,14-,15-,17-,18+,19+,20+,21?/m0/s1. The number of hydrogen-bond acceptors (Lipinski definition) is 3. The van der Waals surface area contributed by atoms with Gasteiger partial charge in [0.2, 0.25) is 11.8 Å². The summed E-state index contributed by atoms with van der Waals surface area (Å²) in [6.45, 7) is 0.522. The van der Waals surface area contributed by atoms with Crippen LogP contribution in [0.15, 0.2) is 18.3 Å². The molecule has 5 nitrogen and oxygen atoms in total. The van der Waals surface area contributed by atoms with Crippen molar-refractivity contribution in [3.05, 3.63) is 23.9 Å². The second-order valence-corrected chi connectivity index (χ2v) is 10.8. The minimum Gasteiger partial charge on any atom is -0.352 e. The van der Waals surface area contributed by atoms with E-state index in [2.05, 4.69) is 15.6 Å². The van der Waals surface area contributed by atoms with Gasteiger partial charge in [0.05, 0.1) is 0 Å². The first-order valence-electron chi connectivity index (χ1n) is 11.7. The van der Waals surface area contributed by atoms with Crippen LogP contribution in [0, 0.1) is 59.2 Å². The Kier molecular flexibility index (Phi) is 3.38. The van der Waals surface area contributed by atoms with Crippen molar-refractivity contribution in [3.63, 3.8) is 0 Å². The quantitative estimate of drug-likeness (QED) is 0.810. The molecule has 1 unspecified atom stereocenters. The number of nitrogens with one attached hydrogen (secondary N) is 2. The summed E-state index contributed by atoms with van der Waals surface area (Å²) in [5.41, 5.74) is 1.01. The van der Waals surface area contributed by atoms with Gasteiger partial charge < -0.3 is 10.6 Å². The molecule has 0 aromatic carbocycles. The maximum absolute atomic E-state index is 12.7. The highest BCUT2D eigenvalue weighted by Crippen LogP contribution is 2.70. The number of amides is 2. The van der Waals surface area contributed by atoms with Crippen molar-refractivity contribution in [1.82, 2.24) is 10.3 Å². The van der Waals surface area contributed by atoms with Crippen molar-refractivity contribution in [2.75, 3.05) is 5.32 Å². The third kappa shape index (κ3) is 2.42. The molecule has 6 aliphatic carbocycles. The summed E-state index contributed by atoms with van der Waals surface area (Å²) in [6, 6.07) is 3.85. The van der Waals surface area contributed by atoms with E-state index in [-0.39, 0.29) is 23.7 Å². The first kappa shape index (κ1) is 16.8. The van der Waals surface area contributed by atoms with Crippen LogP contribution in [0.3, 0.4) is 0 Å². The number of aromatic nitrogens is 1. The number of fused-ring (bicyclic) bond motifs is 10. The molecular weight excluding hydrogens is 362 g/mol. The Morgan fingerprint density at radius 2 is 1.41 bits per heavy atom. The molecule has 0 saturated heterocycles. The summed E-state index contributed by atoms with van der Waals surface area (Å²) in [4.78, 5) is 29.7. The van der Waals surface area contributed by atoms with E-state index >= 15 is 0 Å². The van der Waals surface area contributed by atoms with Crippen LogP contribution in [-0.2, 0) is 16.1 Å². The third-order valence-electron chi connectivity index (χ3n) is 9.62. The van der Waals surface area contributed by atoms with Crippen molar-refractivity contribution in [3.8, 4) is 0 Å². The monoisotopic (exact) mass is 391 g/mol. The Hall–Kier alpha value is -1.91. The summed E-state index contributed by atoms with van der Waals surface area (Å²) in [7, 11) is 0. The topological polar surface area (TPSA) is 71.1 Å². The predicted octanol–water partition coefficient (Wildman–Crippen LogP) is 3.22. The van der Waals surface area contributed by atoms with E-state index in [0.29, 0.717) is 36.0 Å². The molecule has 152 valence electrons. The van der Waals surface area contributed by atoms with E-state index in [1.165, 1.54) is 38.5 Å². The number of carbonyl (C=O) groups excluding carboxylic acids is 2. The van der Waals surface area contributed by atoms with Crippen molar-refractivity contribution < 1.29 is 9.59 Å². The van der Waals surface area contributed by atoms with Gasteiger partial charge in [0.1, 0.15) is 5.82 Å². The lowest BCUT2D eigenvalue weighted by Gasteiger charge is -2.11. The summed E-state index contributed by atoms with van der Waals surface area (Å²) in [5, 5.41) is 6.20. The third-order valence-corrected chi connectivity index (χ3v) is 9.62. The average molecular weight is 392 g/mol. The molecule has 0 spiro atoms. The lowest BCUT2D eigenvalue weighted by Crippen LogP contribution is -2.27. The van der Waals surface area contributed by atoms with E-state index in [1.54, 1.807) is 6.20 Å². The molecule has 7 rings (SSSR count). The molecule has 6 fully saturated rings. The Balaban J connectivity index is 0.957. The number of anilines is 1. The molecule has 29 heavy (non-hydrogen) atoms. The van der Waals surface area contributed by atoms with Crippen LogP contribution in [0.25, 0.3) is 0 Å². The van der Waals surface area contributed by atoms with E-state index in [1.807, 2.05) is 12.1 Å². The predicted molar refractivity (Wildman–Crippen MR) is 107 cm³/mol. The molecule has 6 saturated carbocycles. The van der Waals surface area contributed by atoms with Crippen LogP contribution in [0.2, 0.25) is 0 Å². The summed E-state index contributed by atoms with van der Waals surface area (Å²) in [5.74, 6) is 7.38. The smallest absolute Gasteiger partial charge is 0.229 e. The summed E-state index contributed by atoms with van der Waals surface area (Å²) >= 11 is 0. The second-order valence-electron chi connectivity index (χ2n) is 10.8. The summed E-state index contributed by atoms with van der Waals surface area (Å²) in [6.07, 6.45) is 9.80. The molecule has 1 heterocycles. The lowest BCUT2D eigenvalue weighted by atomic mass is 10.0. The normalized spacial score (nSPS) is 46.9.